The van der Waals surface area contributed by atoms with E-state index in [0.717, 1.165) is 10.8 Å². The number of carbonyl (C=O) groups excluding carboxylic acids is 1. The number of hydrogen-bond donors (Lipinski definition) is 3. The summed E-state index contributed by atoms with van der Waals surface area (Å²) in [5.41, 5.74) is -3.05. The van der Waals surface area contributed by atoms with Crippen molar-refractivity contribution < 1.29 is 14.7 Å². The van der Waals surface area contributed by atoms with Gasteiger partial charge in [-0.2, -0.15) is 11.8 Å². The number of nitrogens with one attached hydrogen (secondary N) is 2. The Labute approximate surface area is 117 Å². The topological polar surface area (TPSA) is 121 Å². The molecular formula is C11H13N3O5S. The smallest absolute Gasteiger partial charge is 0.330 e. The summed E-state index contributed by atoms with van der Waals surface area (Å²) in [6.07, 6.45) is 1.29. The minimum Gasteiger partial charge on any atom is -0.479 e. The summed E-state index contributed by atoms with van der Waals surface area (Å²) >= 11 is 1.42. The van der Waals surface area contributed by atoms with Crippen LogP contribution in [0, 0.1) is 0 Å². The zero-order valence-corrected chi connectivity index (χ0v) is 11.5. The Balaban J connectivity index is 2.33. The third-order valence-corrected chi connectivity index (χ3v) is 4.40. The van der Waals surface area contributed by atoms with Gasteiger partial charge in [-0.3, -0.25) is 14.2 Å². The second-order valence-electron chi connectivity index (χ2n) is 4.52. The van der Waals surface area contributed by atoms with Crippen LogP contribution in [0.25, 0.3) is 0 Å². The number of rotatable bonds is 3. The number of aliphatic carboxylic acids is 1. The van der Waals surface area contributed by atoms with Crippen LogP contribution in [0.4, 0.5) is 0 Å². The average Bonchev–Trinajstić information content (AvgIpc) is 2.86. The van der Waals surface area contributed by atoms with Crippen LogP contribution >= 0.6 is 11.8 Å². The van der Waals surface area contributed by atoms with E-state index < -0.39 is 28.7 Å². The molecule has 1 aliphatic heterocycles. The lowest BCUT2D eigenvalue weighted by molar-refractivity contribution is -0.143. The van der Waals surface area contributed by atoms with E-state index in [-0.39, 0.29) is 11.3 Å². The highest BCUT2D eigenvalue weighted by atomic mass is 32.2. The van der Waals surface area contributed by atoms with Gasteiger partial charge in [0, 0.05) is 19.0 Å². The number of thioether (sulfide) groups is 1. The minimum atomic E-state index is -1.36. The van der Waals surface area contributed by atoms with Gasteiger partial charge < -0.3 is 15.4 Å². The van der Waals surface area contributed by atoms with E-state index in [1.54, 1.807) is 0 Å². The normalized spacial score (nSPS) is 21.6. The quantitative estimate of drug-likeness (QED) is 0.642. The summed E-state index contributed by atoms with van der Waals surface area (Å²) in [5, 5.41) is 11.7. The van der Waals surface area contributed by atoms with Crippen molar-refractivity contribution in [3.8, 4) is 0 Å². The predicted molar refractivity (Wildman–Crippen MR) is 72.1 cm³/mol. The van der Waals surface area contributed by atoms with Gasteiger partial charge in [-0.1, -0.05) is 0 Å². The SMILES string of the molecule is Cn1c(=O)[nH]cc(C(=O)NC2(C(=O)O)CCSC2)c1=O. The summed E-state index contributed by atoms with van der Waals surface area (Å²) < 4.78 is 0.756. The Morgan fingerprint density at radius 3 is 2.75 bits per heavy atom. The first kappa shape index (κ1) is 14.4. The van der Waals surface area contributed by atoms with Crippen molar-refractivity contribution in [2.75, 3.05) is 11.5 Å². The molecule has 8 nitrogen and oxygen atoms in total. The number of aromatic nitrogens is 2. The fraction of sp³-hybridized carbons (Fsp3) is 0.455. The molecule has 1 atom stereocenters. The summed E-state index contributed by atoms with van der Waals surface area (Å²) in [5.74, 6) is -1.06. The van der Waals surface area contributed by atoms with Gasteiger partial charge in [-0.15, -0.1) is 0 Å². The highest BCUT2D eigenvalue weighted by Gasteiger charge is 2.43. The molecule has 1 unspecified atom stereocenters. The van der Waals surface area contributed by atoms with E-state index in [4.69, 9.17) is 0 Å². The number of amides is 1. The molecule has 0 spiro atoms. The first-order valence-corrected chi connectivity index (χ1v) is 6.95. The third kappa shape index (κ3) is 2.36. The molecular weight excluding hydrogens is 286 g/mol. The third-order valence-electron chi connectivity index (χ3n) is 3.21. The fourth-order valence-corrected chi connectivity index (χ4v) is 3.22. The van der Waals surface area contributed by atoms with Crippen LogP contribution in [0.5, 0.6) is 0 Å². The molecule has 1 aromatic rings. The maximum atomic E-state index is 12.1. The summed E-state index contributed by atoms with van der Waals surface area (Å²) in [7, 11) is 1.23. The van der Waals surface area contributed by atoms with Crippen LogP contribution in [-0.4, -0.2) is 43.6 Å². The Morgan fingerprint density at radius 2 is 2.20 bits per heavy atom. The number of H-pyrrole nitrogens is 1. The average molecular weight is 299 g/mol. The molecule has 0 aromatic carbocycles. The van der Waals surface area contributed by atoms with Crippen molar-refractivity contribution in [3.05, 3.63) is 32.6 Å². The highest BCUT2D eigenvalue weighted by Crippen LogP contribution is 2.28. The molecule has 2 rings (SSSR count). The molecule has 1 saturated heterocycles. The van der Waals surface area contributed by atoms with E-state index in [2.05, 4.69) is 10.3 Å². The van der Waals surface area contributed by atoms with E-state index in [0.29, 0.717) is 12.2 Å². The van der Waals surface area contributed by atoms with Crippen LogP contribution in [0.15, 0.2) is 15.8 Å². The molecule has 0 aliphatic carbocycles. The Kier molecular flexibility index (Phi) is 3.71. The number of aromatic amines is 1. The van der Waals surface area contributed by atoms with Gasteiger partial charge in [0.2, 0.25) is 0 Å². The minimum absolute atomic E-state index is 0.248. The van der Waals surface area contributed by atoms with Gasteiger partial charge in [0.25, 0.3) is 11.5 Å². The molecule has 108 valence electrons. The largest absolute Gasteiger partial charge is 0.479 e. The van der Waals surface area contributed by atoms with Crippen LogP contribution < -0.4 is 16.6 Å². The van der Waals surface area contributed by atoms with E-state index in [1.165, 1.54) is 18.8 Å². The van der Waals surface area contributed by atoms with Crippen molar-refractivity contribution in [2.45, 2.75) is 12.0 Å². The number of carbonyl (C=O) groups is 2. The molecule has 3 N–H and O–H groups in total. The van der Waals surface area contributed by atoms with E-state index in [1.807, 2.05) is 0 Å². The Bertz CT molecular complexity index is 671. The number of carboxylic acid groups (broad SMARTS) is 1. The van der Waals surface area contributed by atoms with Crippen molar-refractivity contribution in [2.24, 2.45) is 7.05 Å². The lowest BCUT2D eigenvalue weighted by atomic mass is 9.99. The van der Waals surface area contributed by atoms with Gasteiger partial charge in [-0.05, 0) is 12.2 Å². The lowest BCUT2D eigenvalue weighted by Crippen LogP contribution is -2.56. The second kappa shape index (κ2) is 5.16. The summed E-state index contributed by atoms with van der Waals surface area (Å²) in [6.45, 7) is 0. The Hall–Kier alpha value is -2.03. The van der Waals surface area contributed by atoms with Crippen molar-refractivity contribution in [3.63, 3.8) is 0 Å². The number of nitrogens with zero attached hydrogens (tertiary/aromatic N) is 1. The molecule has 1 aliphatic rings. The van der Waals surface area contributed by atoms with Gasteiger partial charge in [0.15, 0.2) is 0 Å². The van der Waals surface area contributed by atoms with Gasteiger partial charge in [-0.25, -0.2) is 9.59 Å². The number of hydrogen-bond acceptors (Lipinski definition) is 5. The van der Waals surface area contributed by atoms with Gasteiger partial charge >= 0.3 is 11.7 Å². The Morgan fingerprint density at radius 1 is 1.50 bits per heavy atom. The fourth-order valence-electron chi connectivity index (χ4n) is 1.90. The standard InChI is InChI=1S/C11H13N3O5S/c1-14-8(16)6(4-12-10(14)19)7(15)13-11(9(17)18)2-3-20-5-11/h4H,2-3,5H2,1H3,(H,12,19)(H,13,15)(H,17,18). The number of carboxylic acids is 1. The van der Waals surface area contributed by atoms with Crippen LogP contribution in [-0.2, 0) is 11.8 Å². The maximum Gasteiger partial charge on any atom is 0.330 e. The lowest BCUT2D eigenvalue weighted by Gasteiger charge is -2.24. The van der Waals surface area contributed by atoms with Crippen LogP contribution in [0.2, 0.25) is 0 Å². The molecule has 2 heterocycles. The molecule has 1 fully saturated rings. The highest BCUT2D eigenvalue weighted by molar-refractivity contribution is 7.99. The van der Waals surface area contributed by atoms with Crippen molar-refractivity contribution >= 4 is 23.6 Å². The van der Waals surface area contributed by atoms with Crippen molar-refractivity contribution in [1.82, 2.24) is 14.9 Å². The summed E-state index contributed by atoms with van der Waals surface area (Å²) in [4.78, 5) is 48.7. The van der Waals surface area contributed by atoms with E-state index in [9.17, 15) is 24.3 Å². The monoisotopic (exact) mass is 299 g/mol. The molecule has 0 radical (unpaired) electrons. The molecule has 1 amide bonds. The zero-order chi connectivity index (χ0) is 14.9. The molecule has 1 aromatic heterocycles. The van der Waals surface area contributed by atoms with E-state index >= 15 is 0 Å². The van der Waals surface area contributed by atoms with Gasteiger partial charge in [0.1, 0.15) is 11.1 Å². The molecule has 20 heavy (non-hydrogen) atoms. The zero-order valence-electron chi connectivity index (χ0n) is 10.6. The van der Waals surface area contributed by atoms with Crippen LogP contribution in [0.3, 0.4) is 0 Å². The first-order valence-electron chi connectivity index (χ1n) is 5.80. The van der Waals surface area contributed by atoms with Gasteiger partial charge in [0.05, 0.1) is 0 Å². The predicted octanol–water partition coefficient (Wildman–Crippen LogP) is -1.24. The molecule has 0 saturated carbocycles. The maximum absolute atomic E-state index is 12.1. The second-order valence-corrected chi connectivity index (χ2v) is 5.62. The molecule has 0 bridgehead atoms. The first-order chi connectivity index (χ1) is 9.37. The van der Waals surface area contributed by atoms with Crippen LogP contribution in [0.1, 0.15) is 16.8 Å². The van der Waals surface area contributed by atoms with Crippen molar-refractivity contribution in [1.29, 1.82) is 0 Å². The summed E-state index contributed by atoms with van der Waals surface area (Å²) in [6, 6.07) is 0. The molecule has 9 heteroatoms.